The van der Waals surface area contributed by atoms with Crippen LogP contribution in [0.4, 0.5) is 10.1 Å². The van der Waals surface area contributed by atoms with Crippen LogP contribution >= 0.6 is 0 Å². The molecule has 1 heterocycles. The van der Waals surface area contributed by atoms with Crippen molar-refractivity contribution in [2.75, 3.05) is 19.4 Å². The number of H-pyrrole nitrogens is 1. The molecule has 0 unspecified atom stereocenters. The molecule has 0 saturated heterocycles. The van der Waals surface area contributed by atoms with Gasteiger partial charge in [-0.05, 0) is 52.8 Å². The number of benzene rings is 3. The third-order valence-corrected chi connectivity index (χ3v) is 5.54. The molecule has 0 fully saturated rings. The topological polar surface area (TPSA) is 48.1 Å². The summed E-state index contributed by atoms with van der Waals surface area (Å²) in [5.41, 5.74) is 6.37. The number of aromatic amines is 1. The highest BCUT2D eigenvalue weighted by molar-refractivity contribution is 5.96. The normalized spacial score (nSPS) is 10.9. The molecule has 3 aromatic carbocycles. The Balaban J connectivity index is 1.71. The van der Waals surface area contributed by atoms with Crippen molar-refractivity contribution in [3.63, 3.8) is 0 Å². The molecule has 0 radical (unpaired) electrons. The number of fused-ring (bicyclic) bond motifs is 1. The first kappa shape index (κ1) is 20.7. The number of para-hydroxylation sites is 1. The van der Waals surface area contributed by atoms with Crippen LogP contribution in [0.2, 0.25) is 0 Å². The van der Waals surface area contributed by atoms with E-state index in [-0.39, 0.29) is 11.7 Å². The van der Waals surface area contributed by atoms with Crippen LogP contribution in [-0.4, -0.2) is 29.9 Å². The van der Waals surface area contributed by atoms with Crippen molar-refractivity contribution >= 4 is 22.5 Å². The van der Waals surface area contributed by atoms with E-state index in [2.05, 4.69) is 40.6 Å². The number of carbonyl (C=O) groups excluding carboxylic acids is 1. The number of carbonyl (C=O) groups is 1. The molecule has 0 saturated carbocycles. The van der Waals surface area contributed by atoms with Gasteiger partial charge in [0.25, 0.3) is 0 Å². The number of hydrogen-bond acceptors (Lipinski definition) is 2. The maximum atomic E-state index is 13.2. The third kappa shape index (κ3) is 4.61. The Bertz CT molecular complexity index is 1190. The number of hydrogen-bond donors (Lipinski definition) is 2. The van der Waals surface area contributed by atoms with Gasteiger partial charge in [0, 0.05) is 44.5 Å². The molecule has 4 aromatic rings. The summed E-state index contributed by atoms with van der Waals surface area (Å²) < 4.78 is 13.2. The molecule has 1 aromatic heterocycles. The standard InChI is InChI=1S/C26H26FN3O/c1-30(2)25(31)14-13-22-21(23-7-3-5-19-15-16-28-26(19)23)6-4-8-24(22)29-17-18-9-11-20(27)12-10-18/h3-12,15-16,28-29H,13-14,17H2,1-2H3. The van der Waals surface area contributed by atoms with E-state index in [0.29, 0.717) is 19.4 Å². The van der Waals surface area contributed by atoms with Gasteiger partial charge in [0.05, 0.1) is 5.52 Å². The van der Waals surface area contributed by atoms with E-state index in [1.165, 1.54) is 12.1 Å². The van der Waals surface area contributed by atoms with Gasteiger partial charge >= 0.3 is 0 Å². The predicted octanol–water partition coefficient (Wildman–Crippen LogP) is 5.61. The van der Waals surface area contributed by atoms with Crippen LogP contribution in [0.25, 0.3) is 22.0 Å². The van der Waals surface area contributed by atoms with Crippen molar-refractivity contribution < 1.29 is 9.18 Å². The Kier molecular flexibility index (Phi) is 6.03. The molecule has 4 nitrogen and oxygen atoms in total. The predicted molar refractivity (Wildman–Crippen MR) is 124 cm³/mol. The second-order valence-corrected chi connectivity index (χ2v) is 7.85. The number of rotatable bonds is 7. The van der Waals surface area contributed by atoms with Crippen molar-refractivity contribution in [1.82, 2.24) is 9.88 Å². The minimum Gasteiger partial charge on any atom is -0.381 e. The molecule has 2 N–H and O–H groups in total. The molecule has 1 amide bonds. The van der Waals surface area contributed by atoms with Crippen LogP contribution in [0.15, 0.2) is 72.9 Å². The maximum Gasteiger partial charge on any atom is 0.222 e. The van der Waals surface area contributed by atoms with Gasteiger partial charge in [0.2, 0.25) is 5.91 Å². The number of amides is 1. The highest BCUT2D eigenvalue weighted by Gasteiger charge is 2.15. The quantitative estimate of drug-likeness (QED) is 0.412. The lowest BCUT2D eigenvalue weighted by molar-refractivity contribution is -0.128. The smallest absolute Gasteiger partial charge is 0.222 e. The molecular formula is C26H26FN3O. The molecule has 0 aliphatic heterocycles. The number of nitrogens with one attached hydrogen (secondary N) is 2. The molecule has 0 atom stereocenters. The van der Waals surface area contributed by atoms with Gasteiger partial charge in [-0.1, -0.05) is 42.5 Å². The van der Waals surface area contributed by atoms with Crippen LogP contribution in [0.1, 0.15) is 17.5 Å². The fraction of sp³-hybridized carbons (Fsp3) is 0.192. The number of nitrogens with zero attached hydrogens (tertiary/aromatic N) is 1. The van der Waals surface area contributed by atoms with Crippen LogP contribution in [-0.2, 0) is 17.8 Å². The molecule has 4 rings (SSSR count). The molecule has 158 valence electrons. The Morgan fingerprint density at radius 1 is 0.968 bits per heavy atom. The SMILES string of the molecule is CN(C)C(=O)CCc1c(NCc2ccc(F)cc2)cccc1-c1cccc2cc[nH]c12. The summed E-state index contributed by atoms with van der Waals surface area (Å²) in [4.78, 5) is 17.3. The molecule has 5 heteroatoms. The summed E-state index contributed by atoms with van der Waals surface area (Å²) in [7, 11) is 3.56. The van der Waals surface area contributed by atoms with Crippen molar-refractivity contribution in [2.45, 2.75) is 19.4 Å². The van der Waals surface area contributed by atoms with E-state index in [9.17, 15) is 9.18 Å². The average Bonchev–Trinajstić information content (AvgIpc) is 3.26. The fourth-order valence-electron chi connectivity index (χ4n) is 3.84. The summed E-state index contributed by atoms with van der Waals surface area (Å²) >= 11 is 0. The number of aromatic nitrogens is 1. The van der Waals surface area contributed by atoms with E-state index in [1.807, 2.05) is 18.3 Å². The third-order valence-electron chi connectivity index (χ3n) is 5.54. The van der Waals surface area contributed by atoms with Crippen LogP contribution in [0.5, 0.6) is 0 Å². The minimum absolute atomic E-state index is 0.0948. The van der Waals surface area contributed by atoms with Gasteiger partial charge in [0.1, 0.15) is 5.82 Å². The van der Waals surface area contributed by atoms with Gasteiger partial charge in [-0.25, -0.2) is 4.39 Å². The lowest BCUT2D eigenvalue weighted by atomic mass is 9.93. The first-order chi connectivity index (χ1) is 15.0. The molecular weight excluding hydrogens is 389 g/mol. The van der Waals surface area contributed by atoms with Crippen molar-refractivity contribution in [3.05, 3.63) is 89.9 Å². The Morgan fingerprint density at radius 3 is 2.48 bits per heavy atom. The zero-order chi connectivity index (χ0) is 21.8. The molecule has 0 aliphatic carbocycles. The largest absolute Gasteiger partial charge is 0.381 e. The monoisotopic (exact) mass is 415 g/mol. The molecule has 0 spiro atoms. The highest BCUT2D eigenvalue weighted by atomic mass is 19.1. The highest BCUT2D eigenvalue weighted by Crippen LogP contribution is 2.34. The second-order valence-electron chi connectivity index (χ2n) is 7.85. The lowest BCUT2D eigenvalue weighted by Crippen LogP contribution is -2.22. The Hall–Kier alpha value is -3.60. The molecule has 0 bridgehead atoms. The first-order valence-electron chi connectivity index (χ1n) is 10.4. The summed E-state index contributed by atoms with van der Waals surface area (Å²) in [5, 5.41) is 4.65. The van der Waals surface area contributed by atoms with Gasteiger partial charge < -0.3 is 15.2 Å². The zero-order valence-electron chi connectivity index (χ0n) is 17.8. The van der Waals surface area contributed by atoms with Gasteiger partial charge in [-0.2, -0.15) is 0 Å². The summed E-state index contributed by atoms with van der Waals surface area (Å²) in [6, 6.07) is 21.0. The van der Waals surface area contributed by atoms with Crippen molar-refractivity contribution in [2.24, 2.45) is 0 Å². The Labute approximate surface area is 181 Å². The zero-order valence-corrected chi connectivity index (χ0v) is 17.8. The molecule has 31 heavy (non-hydrogen) atoms. The number of halogens is 1. The fourth-order valence-corrected chi connectivity index (χ4v) is 3.84. The second kappa shape index (κ2) is 9.04. The van der Waals surface area contributed by atoms with E-state index in [4.69, 9.17) is 0 Å². The average molecular weight is 416 g/mol. The number of anilines is 1. The van der Waals surface area contributed by atoms with Crippen LogP contribution in [0, 0.1) is 5.82 Å². The first-order valence-corrected chi connectivity index (χ1v) is 10.4. The van der Waals surface area contributed by atoms with Crippen molar-refractivity contribution in [3.8, 4) is 11.1 Å². The summed E-state index contributed by atoms with van der Waals surface area (Å²) in [6.45, 7) is 0.574. The maximum absolute atomic E-state index is 13.2. The van der Waals surface area contributed by atoms with E-state index in [1.54, 1.807) is 31.1 Å². The van der Waals surface area contributed by atoms with Crippen LogP contribution < -0.4 is 5.32 Å². The lowest BCUT2D eigenvalue weighted by Gasteiger charge is -2.18. The van der Waals surface area contributed by atoms with Gasteiger partial charge in [0.15, 0.2) is 0 Å². The molecule has 0 aliphatic rings. The van der Waals surface area contributed by atoms with E-state index >= 15 is 0 Å². The minimum atomic E-state index is -0.243. The van der Waals surface area contributed by atoms with Gasteiger partial charge in [-0.15, -0.1) is 0 Å². The van der Waals surface area contributed by atoms with E-state index in [0.717, 1.165) is 38.8 Å². The summed E-state index contributed by atoms with van der Waals surface area (Å²) in [5.74, 6) is -0.148. The Morgan fingerprint density at radius 2 is 1.71 bits per heavy atom. The van der Waals surface area contributed by atoms with Crippen molar-refractivity contribution in [1.29, 1.82) is 0 Å². The van der Waals surface area contributed by atoms with Crippen LogP contribution in [0.3, 0.4) is 0 Å². The van der Waals surface area contributed by atoms with Gasteiger partial charge in [-0.3, -0.25) is 4.79 Å². The summed E-state index contributed by atoms with van der Waals surface area (Å²) in [6.07, 6.45) is 2.99. The van der Waals surface area contributed by atoms with E-state index < -0.39 is 0 Å².